The van der Waals surface area contributed by atoms with Gasteiger partial charge in [0.2, 0.25) is 0 Å². The molecule has 1 aliphatic carbocycles. The van der Waals surface area contributed by atoms with Crippen molar-refractivity contribution in [3.8, 4) is 22.6 Å². The number of benzene rings is 2. The SMILES string of the molecule is Cc1cc2c3c(c1)-c1c(ccc(O)c1O)C[C@H]3N(C)CC2. The van der Waals surface area contributed by atoms with Gasteiger partial charge in [-0.2, -0.15) is 0 Å². The molecule has 0 saturated heterocycles. The second-order valence-corrected chi connectivity index (χ2v) is 6.30. The first-order valence-corrected chi connectivity index (χ1v) is 7.44. The van der Waals surface area contributed by atoms with Crippen LogP contribution >= 0.6 is 0 Å². The Kier molecular flexibility index (Phi) is 2.57. The predicted octanol–water partition coefficient (Wildman–Crippen LogP) is 3.16. The number of nitrogens with zero attached hydrogens (tertiary/aromatic N) is 1. The summed E-state index contributed by atoms with van der Waals surface area (Å²) in [5, 5.41) is 20.2. The molecule has 3 heteroatoms. The molecule has 1 heterocycles. The van der Waals surface area contributed by atoms with Crippen molar-refractivity contribution in [1.82, 2.24) is 4.90 Å². The van der Waals surface area contributed by atoms with E-state index in [1.807, 2.05) is 6.07 Å². The largest absolute Gasteiger partial charge is 0.504 e. The van der Waals surface area contributed by atoms with Gasteiger partial charge in [-0.3, -0.25) is 4.90 Å². The van der Waals surface area contributed by atoms with Gasteiger partial charge in [0.25, 0.3) is 0 Å². The van der Waals surface area contributed by atoms with Crippen LogP contribution in [0, 0.1) is 6.92 Å². The Balaban J connectivity index is 2.08. The molecule has 2 aromatic carbocycles. The summed E-state index contributed by atoms with van der Waals surface area (Å²) in [6, 6.07) is 8.32. The lowest BCUT2D eigenvalue weighted by Crippen LogP contribution is -2.35. The summed E-state index contributed by atoms with van der Waals surface area (Å²) >= 11 is 0. The van der Waals surface area contributed by atoms with Crippen molar-refractivity contribution in [2.75, 3.05) is 13.6 Å². The van der Waals surface area contributed by atoms with Gasteiger partial charge >= 0.3 is 0 Å². The highest BCUT2D eigenvalue weighted by molar-refractivity contribution is 5.82. The molecule has 0 unspecified atom stereocenters. The highest BCUT2D eigenvalue weighted by Gasteiger charge is 2.34. The number of phenolic OH excluding ortho intramolecular Hbond substituents is 2. The van der Waals surface area contributed by atoms with Crippen LogP contribution in [0.5, 0.6) is 11.5 Å². The van der Waals surface area contributed by atoms with Gasteiger partial charge in [-0.1, -0.05) is 23.8 Å². The van der Waals surface area contributed by atoms with Crippen LogP contribution in [-0.4, -0.2) is 28.7 Å². The fourth-order valence-electron chi connectivity index (χ4n) is 3.91. The van der Waals surface area contributed by atoms with Crippen LogP contribution in [0.4, 0.5) is 0 Å². The fraction of sp³-hybridized carbons (Fsp3) is 0.333. The number of likely N-dealkylation sites (N-methyl/N-ethyl adjacent to an activating group) is 1. The minimum atomic E-state index is -0.0355. The van der Waals surface area contributed by atoms with Crippen molar-refractivity contribution >= 4 is 0 Å². The maximum atomic E-state index is 10.4. The topological polar surface area (TPSA) is 43.7 Å². The molecular weight excluding hydrogens is 262 g/mol. The summed E-state index contributed by atoms with van der Waals surface area (Å²) in [4.78, 5) is 2.40. The Morgan fingerprint density at radius 2 is 1.95 bits per heavy atom. The molecule has 1 aliphatic heterocycles. The Labute approximate surface area is 124 Å². The minimum Gasteiger partial charge on any atom is -0.504 e. The first-order chi connectivity index (χ1) is 10.1. The Morgan fingerprint density at radius 3 is 2.76 bits per heavy atom. The third-order valence-electron chi connectivity index (χ3n) is 4.93. The summed E-state index contributed by atoms with van der Waals surface area (Å²) in [5.41, 5.74) is 6.97. The van der Waals surface area contributed by atoms with Crippen molar-refractivity contribution < 1.29 is 10.2 Å². The summed E-state index contributed by atoms with van der Waals surface area (Å²) in [6.45, 7) is 3.16. The van der Waals surface area contributed by atoms with Crippen LogP contribution in [0.2, 0.25) is 0 Å². The van der Waals surface area contributed by atoms with Gasteiger partial charge in [-0.05, 0) is 55.1 Å². The smallest absolute Gasteiger partial charge is 0.165 e. The molecule has 2 N–H and O–H groups in total. The van der Waals surface area contributed by atoms with Crippen LogP contribution < -0.4 is 0 Å². The van der Waals surface area contributed by atoms with Crippen LogP contribution in [0.15, 0.2) is 24.3 Å². The van der Waals surface area contributed by atoms with Crippen molar-refractivity contribution in [3.63, 3.8) is 0 Å². The van der Waals surface area contributed by atoms with E-state index in [0.717, 1.165) is 36.1 Å². The first-order valence-electron chi connectivity index (χ1n) is 7.44. The maximum Gasteiger partial charge on any atom is 0.165 e. The van der Waals surface area contributed by atoms with Gasteiger partial charge in [0, 0.05) is 18.2 Å². The number of aromatic hydroxyl groups is 2. The summed E-state index contributed by atoms with van der Waals surface area (Å²) in [7, 11) is 2.17. The third-order valence-corrected chi connectivity index (χ3v) is 4.93. The Morgan fingerprint density at radius 1 is 1.14 bits per heavy atom. The molecule has 1 atom stereocenters. The van der Waals surface area contributed by atoms with Gasteiger partial charge in [0.05, 0.1) is 0 Å². The molecule has 0 bridgehead atoms. The van der Waals surface area contributed by atoms with Crippen molar-refractivity contribution in [2.45, 2.75) is 25.8 Å². The number of phenols is 2. The zero-order chi connectivity index (χ0) is 14.7. The summed E-state index contributed by atoms with van der Waals surface area (Å²) < 4.78 is 0. The van der Waals surface area contributed by atoms with Crippen molar-refractivity contribution in [3.05, 3.63) is 46.5 Å². The number of rotatable bonds is 0. The zero-order valence-corrected chi connectivity index (χ0v) is 12.3. The number of hydrogen-bond acceptors (Lipinski definition) is 3. The van der Waals surface area contributed by atoms with E-state index >= 15 is 0 Å². The lowest BCUT2D eigenvalue weighted by atomic mass is 9.76. The van der Waals surface area contributed by atoms with Crippen LogP contribution in [-0.2, 0) is 12.8 Å². The number of fused-ring (bicyclic) bond motifs is 2. The van der Waals surface area contributed by atoms with Gasteiger partial charge in [0.1, 0.15) is 0 Å². The van der Waals surface area contributed by atoms with E-state index in [-0.39, 0.29) is 11.5 Å². The van der Waals surface area contributed by atoms with E-state index in [2.05, 4.69) is 31.0 Å². The second kappa shape index (κ2) is 4.25. The first kappa shape index (κ1) is 12.7. The molecule has 2 aliphatic rings. The second-order valence-electron chi connectivity index (χ2n) is 6.30. The summed E-state index contributed by atoms with van der Waals surface area (Å²) in [5.74, 6) is -0.0152. The fourth-order valence-corrected chi connectivity index (χ4v) is 3.91. The molecule has 0 saturated carbocycles. The zero-order valence-electron chi connectivity index (χ0n) is 12.3. The summed E-state index contributed by atoms with van der Waals surface area (Å²) in [6.07, 6.45) is 1.94. The van der Waals surface area contributed by atoms with E-state index in [1.165, 1.54) is 16.7 Å². The van der Waals surface area contributed by atoms with Crippen LogP contribution in [0.25, 0.3) is 11.1 Å². The molecule has 0 radical (unpaired) electrons. The van der Waals surface area contributed by atoms with Gasteiger partial charge in [-0.15, -0.1) is 0 Å². The van der Waals surface area contributed by atoms with E-state index in [9.17, 15) is 10.2 Å². The normalized spacial score (nSPS) is 20.0. The molecule has 2 aromatic rings. The van der Waals surface area contributed by atoms with E-state index in [0.29, 0.717) is 6.04 Å². The van der Waals surface area contributed by atoms with Gasteiger partial charge < -0.3 is 10.2 Å². The molecule has 0 amide bonds. The average Bonchev–Trinajstić information content (AvgIpc) is 2.46. The Bertz CT molecular complexity index is 751. The molecule has 0 spiro atoms. The van der Waals surface area contributed by atoms with E-state index < -0.39 is 0 Å². The quantitative estimate of drug-likeness (QED) is 0.729. The monoisotopic (exact) mass is 281 g/mol. The Hall–Kier alpha value is -2.00. The van der Waals surface area contributed by atoms with Crippen LogP contribution in [0.1, 0.15) is 28.3 Å². The lowest BCUT2D eigenvalue weighted by molar-refractivity contribution is 0.228. The molecular formula is C18H19NO2. The standard InChI is InChI=1S/C18H19NO2/c1-10-7-12-5-6-19(2)14-9-11-3-4-15(20)18(21)17(11)13(8-10)16(12)14/h3-4,7-8,14,20-21H,5-6,9H2,1-2H3/t14-/m1/s1. The maximum absolute atomic E-state index is 10.4. The molecule has 4 rings (SSSR count). The molecule has 0 fully saturated rings. The third kappa shape index (κ3) is 1.70. The lowest BCUT2D eigenvalue weighted by Gasteiger charge is -2.40. The van der Waals surface area contributed by atoms with Crippen LogP contribution in [0.3, 0.4) is 0 Å². The molecule has 0 aromatic heterocycles. The average molecular weight is 281 g/mol. The van der Waals surface area contributed by atoms with Crippen molar-refractivity contribution in [2.24, 2.45) is 0 Å². The number of aryl methyl sites for hydroxylation is 1. The molecule has 3 nitrogen and oxygen atoms in total. The van der Waals surface area contributed by atoms with E-state index in [4.69, 9.17) is 0 Å². The molecule has 21 heavy (non-hydrogen) atoms. The molecule has 108 valence electrons. The number of hydrogen-bond donors (Lipinski definition) is 2. The minimum absolute atomic E-state index is 0.0203. The highest BCUT2D eigenvalue weighted by atomic mass is 16.3. The van der Waals surface area contributed by atoms with Gasteiger partial charge in [-0.25, -0.2) is 0 Å². The van der Waals surface area contributed by atoms with Gasteiger partial charge in [0.15, 0.2) is 11.5 Å². The predicted molar refractivity (Wildman–Crippen MR) is 82.7 cm³/mol. The highest BCUT2D eigenvalue weighted by Crippen LogP contribution is 2.50. The van der Waals surface area contributed by atoms with E-state index in [1.54, 1.807) is 6.07 Å². The van der Waals surface area contributed by atoms with Crippen molar-refractivity contribution in [1.29, 1.82) is 0 Å².